The van der Waals surface area contributed by atoms with Crippen LogP contribution in [0.15, 0.2) is 28.7 Å². The molecule has 0 radical (unpaired) electrons. The predicted molar refractivity (Wildman–Crippen MR) is 60.2 cm³/mol. The van der Waals surface area contributed by atoms with Gasteiger partial charge < -0.3 is 10.4 Å². The summed E-state index contributed by atoms with van der Waals surface area (Å²) in [5, 5.41) is 10.2. The normalized spacial score (nSPS) is 8.71. The molecule has 1 aromatic rings. The second kappa shape index (κ2) is 8.72. The lowest BCUT2D eigenvalue weighted by Crippen LogP contribution is -2.11. The average molecular weight is 260 g/mol. The van der Waals surface area contributed by atoms with Crippen LogP contribution in [0.5, 0.6) is 0 Å². The largest absolute Gasteiger partial charge is 0.483 e. The van der Waals surface area contributed by atoms with Gasteiger partial charge >= 0.3 is 0 Å². The Bertz CT molecular complexity index is 266. The van der Waals surface area contributed by atoms with Gasteiger partial charge in [-0.25, -0.2) is 0 Å². The van der Waals surface area contributed by atoms with E-state index >= 15 is 0 Å². The van der Waals surface area contributed by atoms with Gasteiger partial charge in [0, 0.05) is 11.0 Å². The molecule has 3 nitrogen and oxygen atoms in total. The molecule has 0 saturated heterocycles. The summed E-state index contributed by atoms with van der Waals surface area (Å²) in [7, 11) is 0. The highest BCUT2D eigenvalue weighted by molar-refractivity contribution is 9.10. The highest BCUT2D eigenvalue weighted by atomic mass is 79.9. The maximum absolute atomic E-state index is 8.36. The standard InChI is InChI=1S/C9H12BrN.CH2O2/c1-2-11-7-8-5-3-4-6-9(8)10;2-1-3/h3-6,11H,2,7H2,1H3;1H,(H,2,3). The maximum Gasteiger partial charge on any atom is 0.290 e. The molecule has 0 atom stereocenters. The van der Waals surface area contributed by atoms with Gasteiger partial charge in [0.15, 0.2) is 0 Å². The minimum absolute atomic E-state index is 0.250. The third-order valence-electron chi connectivity index (χ3n) is 1.52. The molecule has 0 unspecified atom stereocenters. The van der Waals surface area contributed by atoms with Crippen LogP contribution in [0, 0.1) is 0 Å². The minimum Gasteiger partial charge on any atom is -0.483 e. The first-order valence-electron chi connectivity index (χ1n) is 4.28. The zero-order valence-corrected chi connectivity index (χ0v) is 9.62. The molecule has 0 amide bonds. The van der Waals surface area contributed by atoms with Crippen LogP contribution in [0.4, 0.5) is 0 Å². The number of hydrogen-bond donors (Lipinski definition) is 2. The molecule has 0 spiro atoms. The smallest absolute Gasteiger partial charge is 0.290 e. The second-order valence-corrected chi connectivity index (χ2v) is 3.33. The second-order valence-electron chi connectivity index (χ2n) is 2.48. The fourth-order valence-electron chi connectivity index (χ4n) is 0.901. The Hall–Kier alpha value is -0.870. The van der Waals surface area contributed by atoms with Crippen molar-refractivity contribution < 1.29 is 9.90 Å². The highest BCUT2D eigenvalue weighted by Crippen LogP contribution is 2.14. The molecule has 0 aliphatic heterocycles. The quantitative estimate of drug-likeness (QED) is 0.819. The van der Waals surface area contributed by atoms with Crippen LogP contribution >= 0.6 is 15.9 Å². The Morgan fingerprint density at radius 2 is 2.07 bits per heavy atom. The summed E-state index contributed by atoms with van der Waals surface area (Å²) in [6.45, 7) is 3.82. The Morgan fingerprint density at radius 3 is 2.57 bits per heavy atom. The van der Waals surface area contributed by atoms with Crippen molar-refractivity contribution in [2.24, 2.45) is 0 Å². The Kier molecular flexibility index (Phi) is 8.17. The predicted octanol–water partition coefficient (Wildman–Crippen LogP) is 2.26. The van der Waals surface area contributed by atoms with Crippen molar-refractivity contribution in [1.29, 1.82) is 0 Å². The number of hydrogen-bond acceptors (Lipinski definition) is 2. The number of nitrogens with one attached hydrogen (secondary N) is 1. The Labute approximate surface area is 92.3 Å². The van der Waals surface area contributed by atoms with E-state index in [0.29, 0.717) is 0 Å². The summed E-state index contributed by atoms with van der Waals surface area (Å²) in [6.07, 6.45) is 0. The third kappa shape index (κ3) is 5.72. The van der Waals surface area contributed by atoms with Crippen molar-refractivity contribution in [1.82, 2.24) is 5.32 Å². The molecule has 14 heavy (non-hydrogen) atoms. The van der Waals surface area contributed by atoms with E-state index in [1.54, 1.807) is 0 Å². The number of halogens is 1. The third-order valence-corrected chi connectivity index (χ3v) is 2.30. The van der Waals surface area contributed by atoms with Crippen molar-refractivity contribution in [2.75, 3.05) is 6.54 Å². The van der Waals surface area contributed by atoms with Gasteiger partial charge in [-0.05, 0) is 18.2 Å². The summed E-state index contributed by atoms with van der Waals surface area (Å²) >= 11 is 3.49. The molecule has 78 valence electrons. The first kappa shape index (κ1) is 13.1. The first-order chi connectivity index (χ1) is 6.76. The highest BCUT2D eigenvalue weighted by Gasteiger charge is 1.94. The van der Waals surface area contributed by atoms with Gasteiger partial charge in [-0.3, -0.25) is 4.79 Å². The SMILES string of the molecule is CCNCc1ccccc1Br.O=CO. The number of benzene rings is 1. The lowest BCUT2D eigenvalue weighted by molar-refractivity contribution is -0.122. The van der Waals surface area contributed by atoms with Crippen LogP contribution in [-0.4, -0.2) is 18.1 Å². The molecule has 0 fully saturated rings. The monoisotopic (exact) mass is 259 g/mol. The van der Waals surface area contributed by atoms with Gasteiger partial charge in [-0.1, -0.05) is 41.1 Å². The van der Waals surface area contributed by atoms with Gasteiger partial charge in [0.05, 0.1) is 0 Å². The first-order valence-corrected chi connectivity index (χ1v) is 5.07. The Balaban J connectivity index is 0.000000500. The number of rotatable bonds is 3. The molecule has 0 aromatic heterocycles. The molecule has 1 rings (SSSR count). The van der Waals surface area contributed by atoms with E-state index in [4.69, 9.17) is 9.90 Å². The zero-order valence-electron chi connectivity index (χ0n) is 8.03. The lowest BCUT2D eigenvalue weighted by atomic mass is 10.2. The molecule has 1 aromatic carbocycles. The minimum atomic E-state index is -0.250. The van der Waals surface area contributed by atoms with Crippen molar-refractivity contribution in [2.45, 2.75) is 13.5 Å². The van der Waals surface area contributed by atoms with Crippen LogP contribution in [0.2, 0.25) is 0 Å². The number of carboxylic acid groups (broad SMARTS) is 1. The van der Waals surface area contributed by atoms with Crippen molar-refractivity contribution in [3.05, 3.63) is 34.3 Å². The van der Waals surface area contributed by atoms with Crippen molar-refractivity contribution >= 4 is 22.4 Å². The fourth-order valence-corrected chi connectivity index (χ4v) is 1.33. The maximum atomic E-state index is 8.36. The van der Waals surface area contributed by atoms with Gasteiger partial charge in [0.2, 0.25) is 0 Å². The number of carbonyl (C=O) groups is 1. The van der Waals surface area contributed by atoms with Crippen LogP contribution in [0.3, 0.4) is 0 Å². The van der Waals surface area contributed by atoms with E-state index in [2.05, 4.69) is 46.4 Å². The van der Waals surface area contributed by atoms with Crippen LogP contribution in [0.25, 0.3) is 0 Å². The van der Waals surface area contributed by atoms with E-state index < -0.39 is 0 Å². The molecule has 0 aliphatic carbocycles. The molecule has 0 bridgehead atoms. The molecular weight excluding hydrogens is 246 g/mol. The fraction of sp³-hybridized carbons (Fsp3) is 0.300. The summed E-state index contributed by atoms with van der Waals surface area (Å²) < 4.78 is 1.18. The molecule has 4 heteroatoms. The van der Waals surface area contributed by atoms with E-state index in [0.717, 1.165) is 13.1 Å². The van der Waals surface area contributed by atoms with E-state index in [-0.39, 0.29) is 6.47 Å². The summed E-state index contributed by atoms with van der Waals surface area (Å²) in [6, 6.07) is 8.26. The summed E-state index contributed by atoms with van der Waals surface area (Å²) in [4.78, 5) is 8.36. The summed E-state index contributed by atoms with van der Waals surface area (Å²) in [5.41, 5.74) is 1.31. The van der Waals surface area contributed by atoms with Crippen LogP contribution in [0.1, 0.15) is 12.5 Å². The zero-order chi connectivity index (χ0) is 10.8. The van der Waals surface area contributed by atoms with E-state index in [1.165, 1.54) is 10.0 Å². The molecule has 0 aliphatic rings. The topological polar surface area (TPSA) is 49.3 Å². The molecular formula is C10H14BrNO2. The van der Waals surface area contributed by atoms with Gasteiger partial charge in [-0.15, -0.1) is 0 Å². The van der Waals surface area contributed by atoms with Crippen LogP contribution in [-0.2, 0) is 11.3 Å². The van der Waals surface area contributed by atoms with Crippen molar-refractivity contribution in [3.8, 4) is 0 Å². The van der Waals surface area contributed by atoms with Gasteiger partial charge in [-0.2, -0.15) is 0 Å². The molecule has 0 heterocycles. The van der Waals surface area contributed by atoms with Gasteiger partial charge in [0.25, 0.3) is 6.47 Å². The van der Waals surface area contributed by atoms with E-state index in [9.17, 15) is 0 Å². The van der Waals surface area contributed by atoms with E-state index in [1.807, 2.05) is 6.07 Å². The molecule has 2 N–H and O–H groups in total. The van der Waals surface area contributed by atoms with Crippen LogP contribution < -0.4 is 5.32 Å². The summed E-state index contributed by atoms with van der Waals surface area (Å²) in [5.74, 6) is 0. The van der Waals surface area contributed by atoms with Crippen molar-refractivity contribution in [3.63, 3.8) is 0 Å². The lowest BCUT2D eigenvalue weighted by Gasteiger charge is -2.03. The van der Waals surface area contributed by atoms with Gasteiger partial charge in [0.1, 0.15) is 0 Å². The average Bonchev–Trinajstić information content (AvgIpc) is 2.18. The molecule has 0 saturated carbocycles. The Morgan fingerprint density at radius 1 is 1.50 bits per heavy atom.